The summed E-state index contributed by atoms with van der Waals surface area (Å²) in [5, 5.41) is 5.42. The lowest BCUT2D eigenvalue weighted by Crippen LogP contribution is -2.08. The summed E-state index contributed by atoms with van der Waals surface area (Å²) in [7, 11) is -1.19. The van der Waals surface area contributed by atoms with Crippen molar-refractivity contribution in [2.24, 2.45) is 5.14 Å². The van der Waals surface area contributed by atoms with Crippen LogP contribution in [0.4, 0.5) is 0 Å². The molecule has 1 aromatic heterocycles. The third kappa shape index (κ3) is 5.27. The molecule has 1 unspecified atom stereocenters. The smallest absolute Gasteiger partial charge is 0.147 e. The van der Waals surface area contributed by atoms with Crippen molar-refractivity contribution >= 4 is 31.2 Å². The fourth-order valence-corrected chi connectivity index (χ4v) is 3.57. The molecule has 1 aromatic rings. The van der Waals surface area contributed by atoms with Gasteiger partial charge in [-0.15, -0.1) is 11.3 Å². The summed E-state index contributed by atoms with van der Waals surface area (Å²) < 4.78 is 27.4. The van der Waals surface area contributed by atoms with E-state index in [-0.39, 0.29) is 6.79 Å². The minimum atomic E-state index is -2.80. The topological polar surface area (TPSA) is 70.8 Å². The van der Waals surface area contributed by atoms with Crippen LogP contribution >= 0.6 is 11.3 Å². The van der Waals surface area contributed by atoms with E-state index in [0.717, 1.165) is 10.4 Å². The Hall–Kier alpha value is -0.0900. The van der Waals surface area contributed by atoms with Gasteiger partial charge in [-0.25, -0.2) is 9.35 Å². The van der Waals surface area contributed by atoms with Crippen LogP contribution in [-0.2, 0) is 40.7 Å². The normalized spacial score (nSPS) is 14.6. The molecular weight excluding hydrogens is 294 g/mol. The van der Waals surface area contributed by atoms with Gasteiger partial charge in [0.1, 0.15) is 19.7 Å². The van der Waals surface area contributed by atoms with E-state index in [0.29, 0.717) is 24.0 Å². The van der Waals surface area contributed by atoms with Crippen molar-refractivity contribution < 1.29 is 18.4 Å². The van der Waals surface area contributed by atoms with Gasteiger partial charge in [0.25, 0.3) is 0 Å². The summed E-state index contributed by atoms with van der Waals surface area (Å²) in [6.45, 7) is 3.53. The fourth-order valence-electron chi connectivity index (χ4n) is 1.17. The molecule has 5 nitrogen and oxygen atoms in total. The number of aryl methyl sites for hydroxylation is 1. The Labute approximate surface area is 116 Å². The number of methoxy groups -OCH3 is 1. The van der Waals surface area contributed by atoms with Crippen LogP contribution in [0.25, 0.3) is 0 Å². The third-order valence-electron chi connectivity index (χ3n) is 2.11. The number of hydrogen-bond acceptors (Lipinski definition) is 6. The second-order valence-electron chi connectivity index (χ2n) is 3.58. The first kappa shape index (κ1) is 16.0. The fraction of sp³-hybridized carbons (Fsp3) is 0.600. The van der Waals surface area contributed by atoms with Gasteiger partial charge in [0.05, 0.1) is 19.8 Å². The monoisotopic (exact) mass is 311 g/mol. The zero-order chi connectivity index (χ0) is 13.6. The Morgan fingerprint density at radius 1 is 1.44 bits per heavy atom. The number of nitrogens with two attached hydrogens (primary N) is 1. The van der Waals surface area contributed by atoms with Gasteiger partial charge >= 0.3 is 0 Å². The summed E-state index contributed by atoms with van der Waals surface area (Å²) >= 11 is 6.07. The van der Waals surface area contributed by atoms with E-state index < -0.39 is 8.68 Å². The van der Waals surface area contributed by atoms with E-state index in [1.807, 2.05) is 6.92 Å². The van der Waals surface area contributed by atoms with E-state index in [9.17, 15) is 4.21 Å². The maximum Gasteiger partial charge on any atom is 0.147 e. The molecule has 0 aliphatic heterocycles. The Morgan fingerprint density at radius 3 is 2.72 bits per heavy atom. The van der Waals surface area contributed by atoms with Gasteiger partial charge in [-0.2, -0.15) is 0 Å². The molecule has 1 heterocycles. The van der Waals surface area contributed by atoms with Crippen molar-refractivity contribution in [3.63, 3.8) is 0 Å². The predicted octanol–water partition coefficient (Wildman–Crippen LogP) is 1.17. The molecule has 0 radical (unpaired) electrons. The number of rotatable bonds is 8. The highest BCUT2D eigenvalue weighted by atomic mass is 32.8. The minimum absolute atomic E-state index is 0.196. The van der Waals surface area contributed by atoms with Gasteiger partial charge in [0, 0.05) is 23.2 Å². The lowest BCUT2D eigenvalue weighted by atomic mass is 10.3. The zero-order valence-electron chi connectivity index (χ0n) is 10.3. The van der Waals surface area contributed by atoms with Crippen LogP contribution < -0.4 is 5.14 Å². The molecular formula is C10H17NO4S3. The van der Waals surface area contributed by atoms with Gasteiger partial charge in [-0.3, -0.25) is 0 Å². The molecule has 1 rings (SSSR count). The van der Waals surface area contributed by atoms with Crippen molar-refractivity contribution in [1.29, 1.82) is 0 Å². The van der Waals surface area contributed by atoms with Crippen molar-refractivity contribution in [2.45, 2.75) is 17.7 Å². The first-order chi connectivity index (χ1) is 8.45. The summed E-state index contributed by atoms with van der Waals surface area (Å²) in [6, 6.07) is 1.75. The molecule has 0 aromatic carbocycles. The van der Waals surface area contributed by atoms with Crippen LogP contribution in [0, 0.1) is 6.92 Å². The number of ether oxygens (including phenoxy) is 3. The largest absolute Gasteiger partial charge is 0.382 e. The van der Waals surface area contributed by atoms with Crippen LogP contribution in [0.3, 0.4) is 0 Å². The molecule has 0 bridgehead atoms. The van der Waals surface area contributed by atoms with Gasteiger partial charge in [0.2, 0.25) is 0 Å². The Morgan fingerprint density at radius 2 is 2.17 bits per heavy atom. The average molecular weight is 311 g/mol. The van der Waals surface area contributed by atoms with E-state index in [1.165, 1.54) is 11.3 Å². The molecule has 0 saturated heterocycles. The summed E-state index contributed by atoms with van der Waals surface area (Å²) in [5.41, 5.74) is 0.981. The standard InChI is InChI=1S/C10H17NO4S3/c1-8-5-10(18(11,12)16)17-9(8)6-15-7-14-4-3-13-2/h5H,3-4,6-7H2,1-2H3,(H2,11,12,16). The van der Waals surface area contributed by atoms with E-state index in [1.54, 1.807) is 13.2 Å². The van der Waals surface area contributed by atoms with Crippen LogP contribution in [0.2, 0.25) is 0 Å². The molecule has 0 fully saturated rings. The van der Waals surface area contributed by atoms with Crippen LogP contribution in [0.1, 0.15) is 10.4 Å². The first-order valence-corrected chi connectivity index (χ1v) is 8.58. The second-order valence-corrected chi connectivity index (χ2v) is 7.99. The first-order valence-electron chi connectivity index (χ1n) is 5.21. The SMILES string of the molecule is COCCOCOCc1sc(S(N)(=O)=S)cc1C. The minimum Gasteiger partial charge on any atom is -0.382 e. The lowest BCUT2D eigenvalue weighted by molar-refractivity contribution is -0.0719. The molecule has 104 valence electrons. The summed E-state index contributed by atoms with van der Waals surface area (Å²) in [5.74, 6) is 0. The lowest BCUT2D eigenvalue weighted by Gasteiger charge is -2.04. The molecule has 0 saturated carbocycles. The van der Waals surface area contributed by atoms with Crippen molar-refractivity contribution in [3.05, 3.63) is 16.5 Å². The highest BCUT2D eigenvalue weighted by molar-refractivity contribution is 8.32. The van der Waals surface area contributed by atoms with Gasteiger partial charge < -0.3 is 14.2 Å². The molecule has 0 aliphatic rings. The van der Waals surface area contributed by atoms with Gasteiger partial charge in [0.15, 0.2) is 0 Å². The summed E-state index contributed by atoms with van der Waals surface area (Å²) in [6.07, 6.45) is 0. The number of hydrogen-bond donors (Lipinski definition) is 1. The second kappa shape index (κ2) is 7.49. The molecule has 18 heavy (non-hydrogen) atoms. The molecule has 1 atom stereocenters. The molecule has 0 amide bonds. The maximum absolute atomic E-state index is 11.5. The van der Waals surface area contributed by atoms with Crippen LogP contribution in [0.5, 0.6) is 0 Å². The summed E-state index contributed by atoms with van der Waals surface area (Å²) in [4.78, 5) is 0.961. The Kier molecular flexibility index (Phi) is 6.64. The maximum atomic E-state index is 11.5. The van der Waals surface area contributed by atoms with Gasteiger partial charge in [-0.1, -0.05) is 0 Å². The van der Waals surface area contributed by atoms with Gasteiger partial charge in [-0.05, 0) is 18.6 Å². The van der Waals surface area contributed by atoms with E-state index in [2.05, 4.69) is 0 Å². The highest BCUT2D eigenvalue weighted by Gasteiger charge is 2.11. The highest BCUT2D eigenvalue weighted by Crippen LogP contribution is 2.25. The van der Waals surface area contributed by atoms with E-state index >= 15 is 0 Å². The van der Waals surface area contributed by atoms with Crippen molar-refractivity contribution in [1.82, 2.24) is 0 Å². The predicted molar refractivity (Wildman–Crippen MR) is 74.5 cm³/mol. The molecule has 0 aliphatic carbocycles. The van der Waals surface area contributed by atoms with Crippen molar-refractivity contribution in [3.8, 4) is 0 Å². The molecule has 2 N–H and O–H groups in total. The van der Waals surface area contributed by atoms with Crippen molar-refractivity contribution in [2.75, 3.05) is 27.1 Å². The number of thiophene rings is 1. The third-order valence-corrected chi connectivity index (χ3v) is 5.64. The Balaban J connectivity index is 2.41. The Bertz CT molecular complexity index is 469. The van der Waals surface area contributed by atoms with E-state index in [4.69, 9.17) is 30.5 Å². The molecule has 0 spiro atoms. The van der Waals surface area contributed by atoms with Crippen LogP contribution in [-0.4, -0.2) is 31.3 Å². The average Bonchev–Trinajstić information content (AvgIpc) is 2.65. The van der Waals surface area contributed by atoms with Crippen LogP contribution in [0.15, 0.2) is 10.3 Å². The zero-order valence-corrected chi connectivity index (χ0v) is 12.8. The molecule has 8 heteroatoms. The quantitative estimate of drug-likeness (QED) is 0.576.